The molecule has 8 heteroatoms. The Hall–Kier alpha value is -3.52. The van der Waals surface area contributed by atoms with Gasteiger partial charge in [0, 0.05) is 27.6 Å². The van der Waals surface area contributed by atoms with Crippen LogP contribution in [0.4, 0.5) is 0 Å². The lowest BCUT2D eigenvalue weighted by Crippen LogP contribution is -2.40. The number of hydrogen-bond acceptors (Lipinski definition) is 5. The van der Waals surface area contributed by atoms with Gasteiger partial charge in [-0.1, -0.05) is 12.1 Å². The maximum absolute atomic E-state index is 12.6. The second kappa shape index (κ2) is 7.96. The number of hydrogen-bond donors (Lipinski definition) is 3. The maximum Gasteiger partial charge on any atom is 0.251 e. The largest absolute Gasteiger partial charge is 0.347 e. The summed E-state index contributed by atoms with van der Waals surface area (Å²) in [6, 6.07) is 13.5. The Labute approximate surface area is 181 Å². The highest BCUT2D eigenvalue weighted by molar-refractivity contribution is 5.99. The zero-order chi connectivity index (χ0) is 22.2. The molecule has 0 fully saturated rings. The average molecular weight is 418 g/mol. The van der Waals surface area contributed by atoms with Crippen molar-refractivity contribution in [3.63, 3.8) is 0 Å². The molecule has 0 saturated heterocycles. The van der Waals surface area contributed by atoms with E-state index in [1.807, 2.05) is 82.2 Å². The number of H-pyrrole nitrogens is 2. The molecule has 0 saturated carbocycles. The van der Waals surface area contributed by atoms with E-state index in [1.54, 1.807) is 0 Å². The Morgan fingerprint density at radius 3 is 2.58 bits per heavy atom. The van der Waals surface area contributed by atoms with Crippen LogP contribution >= 0.6 is 0 Å². The number of nitrogens with one attached hydrogen (secondary N) is 3. The van der Waals surface area contributed by atoms with Crippen LogP contribution in [-0.4, -0.2) is 55.8 Å². The van der Waals surface area contributed by atoms with E-state index in [4.69, 9.17) is 0 Å². The molecule has 4 rings (SSSR count). The molecule has 160 valence electrons. The van der Waals surface area contributed by atoms with Crippen LogP contribution in [-0.2, 0) is 6.54 Å². The van der Waals surface area contributed by atoms with Crippen LogP contribution in [0.25, 0.3) is 33.5 Å². The first-order valence-electron chi connectivity index (χ1n) is 10.2. The Morgan fingerprint density at radius 2 is 1.84 bits per heavy atom. The highest BCUT2D eigenvalue weighted by Gasteiger charge is 2.17. The summed E-state index contributed by atoms with van der Waals surface area (Å²) in [5, 5.41) is 18.9. The lowest BCUT2D eigenvalue weighted by molar-refractivity contribution is 0.0919. The number of amides is 1. The summed E-state index contributed by atoms with van der Waals surface area (Å²) < 4.78 is 0. The summed E-state index contributed by atoms with van der Waals surface area (Å²) in [4.78, 5) is 19.2. The molecule has 3 N–H and O–H groups in total. The van der Waals surface area contributed by atoms with Crippen molar-refractivity contribution >= 4 is 16.8 Å². The second-order valence-electron chi connectivity index (χ2n) is 8.96. The third-order valence-corrected chi connectivity index (χ3v) is 4.71. The number of fused-ring (bicyclic) bond motifs is 1. The van der Waals surface area contributed by atoms with Gasteiger partial charge in [-0.2, -0.15) is 10.2 Å². The summed E-state index contributed by atoms with van der Waals surface area (Å²) in [7, 11) is 3.98. The second-order valence-corrected chi connectivity index (χ2v) is 8.96. The summed E-state index contributed by atoms with van der Waals surface area (Å²) in [5.74, 6) is 1.35. The van der Waals surface area contributed by atoms with Gasteiger partial charge in [0.05, 0.1) is 17.8 Å². The van der Waals surface area contributed by atoms with E-state index in [1.165, 1.54) is 0 Å². The van der Waals surface area contributed by atoms with Gasteiger partial charge in [0.15, 0.2) is 5.82 Å². The van der Waals surface area contributed by atoms with Gasteiger partial charge in [0.25, 0.3) is 5.91 Å². The monoisotopic (exact) mass is 417 g/mol. The van der Waals surface area contributed by atoms with Crippen molar-refractivity contribution in [1.29, 1.82) is 0 Å². The van der Waals surface area contributed by atoms with Crippen LogP contribution in [0.5, 0.6) is 0 Å². The zero-order valence-corrected chi connectivity index (χ0v) is 18.4. The van der Waals surface area contributed by atoms with Crippen molar-refractivity contribution in [2.45, 2.75) is 32.9 Å². The molecule has 2 aromatic heterocycles. The number of carbonyl (C=O) groups excluding carboxylic acids is 1. The van der Waals surface area contributed by atoms with E-state index in [9.17, 15) is 4.79 Å². The number of rotatable bonds is 5. The van der Waals surface area contributed by atoms with Crippen LogP contribution in [0.1, 0.15) is 37.0 Å². The fraction of sp³-hybridized carbons (Fsp3) is 0.304. The molecule has 0 unspecified atom stereocenters. The molecule has 2 aromatic carbocycles. The first-order chi connectivity index (χ1) is 14.7. The summed E-state index contributed by atoms with van der Waals surface area (Å²) in [6.45, 7) is 6.58. The standard InChI is InChI=1S/C23H27N7O/c1-23(2,3)25-22(31)16-8-6-7-14(11-16)20-17-12-15(9-10-18(17)26-28-20)21-24-19(27-29-21)13-30(4)5/h6-12H,13H2,1-5H3,(H,25,31)(H,26,28)(H,24,27,29). The van der Waals surface area contributed by atoms with E-state index in [0.29, 0.717) is 17.9 Å². The van der Waals surface area contributed by atoms with Gasteiger partial charge in [-0.25, -0.2) is 4.98 Å². The molecule has 0 atom stereocenters. The highest BCUT2D eigenvalue weighted by Crippen LogP contribution is 2.30. The summed E-state index contributed by atoms with van der Waals surface area (Å²) in [6.07, 6.45) is 0. The average Bonchev–Trinajstić information content (AvgIpc) is 3.32. The number of carbonyl (C=O) groups is 1. The molecule has 0 bridgehead atoms. The van der Waals surface area contributed by atoms with Crippen LogP contribution in [0, 0.1) is 0 Å². The molecule has 1 amide bonds. The van der Waals surface area contributed by atoms with E-state index in [2.05, 4.69) is 30.7 Å². The lowest BCUT2D eigenvalue weighted by atomic mass is 10.0. The first kappa shape index (κ1) is 20.7. The van der Waals surface area contributed by atoms with Crippen LogP contribution in [0.3, 0.4) is 0 Å². The van der Waals surface area contributed by atoms with Gasteiger partial charge < -0.3 is 10.2 Å². The van der Waals surface area contributed by atoms with Crippen LogP contribution < -0.4 is 5.32 Å². The minimum Gasteiger partial charge on any atom is -0.347 e. The molecule has 0 aliphatic rings. The normalized spacial score (nSPS) is 11.9. The quantitative estimate of drug-likeness (QED) is 0.460. The summed E-state index contributed by atoms with van der Waals surface area (Å²) >= 11 is 0. The van der Waals surface area contributed by atoms with Gasteiger partial charge in [-0.05, 0) is 65.2 Å². The number of aromatic amines is 2. The smallest absolute Gasteiger partial charge is 0.251 e. The van der Waals surface area contributed by atoms with Crippen LogP contribution in [0.2, 0.25) is 0 Å². The van der Waals surface area contributed by atoms with Crippen LogP contribution in [0.15, 0.2) is 42.5 Å². The Kier molecular flexibility index (Phi) is 5.32. The fourth-order valence-electron chi connectivity index (χ4n) is 3.39. The predicted octanol–water partition coefficient (Wildman–Crippen LogP) is 3.60. The Bertz CT molecular complexity index is 1230. The Balaban J connectivity index is 1.69. The minimum absolute atomic E-state index is 0.107. The van der Waals surface area contributed by atoms with Gasteiger partial charge in [-0.3, -0.25) is 15.0 Å². The highest BCUT2D eigenvalue weighted by atomic mass is 16.1. The third kappa shape index (κ3) is 4.64. The van der Waals surface area contributed by atoms with Crippen molar-refractivity contribution in [2.75, 3.05) is 14.1 Å². The number of aromatic nitrogens is 5. The zero-order valence-electron chi connectivity index (χ0n) is 18.4. The predicted molar refractivity (Wildman–Crippen MR) is 122 cm³/mol. The van der Waals surface area contributed by atoms with Crippen molar-refractivity contribution in [3.05, 3.63) is 53.9 Å². The van der Waals surface area contributed by atoms with E-state index in [0.717, 1.165) is 33.5 Å². The van der Waals surface area contributed by atoms with Crippen molar-refractivity contribution in [2.24, 2.45) is 0 Å². The Morgan fingerprint density at radius 1 is 1.03 bits per heavy atom. The fourth-order valence-corrected chi connectivity index (χ4v) is 3.39. The summed E-state index contributed by atoms with van der Waals surface area (Å²) in [5.41, 5.74) is 3.76. The SMILES string of the molecule is CN(C)Cc1nc(-c2ccc3[nH]nc(-c4cccc(C(=O)NC(C)(C)C)c4)c3c2)n[nH]1. The topological polar surface area (TPSA) is 103 Å². The molecule has 0 aliphatic carbocycles. The maximum atomic E-state index is 12.6. The molecular formula is C23H27N7O. The first-order valence-corrected chi connectivity index (χ1v) is 10.2. The molecule has 8 nitrogen and oxygen atoms in total. The van der Waals surface area contributed by atoms with Gasteiger partial charge in [-0.15, -0.1) is 0 Å². The van der Waals surface area contributed by atoms with Gasteiger partial charge in [0.2, 0.25) is 0 Å². The molecule has 0 radical (unpaired) electrons. The molecule has 2 heterocycles. The molecule has 31 heavy (non-hydrogen) atoms. The molecule has 0 spiro atoms. The molecule has 4 aromatic rings. The lowest BCUT2D eigenvalue weighted by Gasteiger charge is -2.20. The molecule has 0 aliphatic heterocycles. The number of nitrogens with zero attached hydrogens (tertiary/aromatic N) is 4. The van der Waals surface area contributed by atoms with Crippen molar-refractivity contribution in [1.82, 2.24) is 35.6 Å². The molecular weight excluding hydrogens is 390 g/mol. The van der Waals surface area contributed by atoms with E-state index in [-0.39, 0.29) is 11.4 Å². The van der Waals surface area contributed by atoms with Gasteiger partial charge in [0.1, 0.15) is 5.82 Å². The van der Waals surface area contributed by atoms with Gasteiger partial charge >= 0.3 is 0 Å². The van der Waals surface area contributed by atoms with E-state index >= 15 is 0 Å². The van der Waals surface area contributed by atoms with Crippen molar-refractivity contribution < 1.29 is 4.79 Å². The number of benzene rings is 2. The van der Waals surface area contributed by atoms with Crippen molar-refractivity contribution in [3.8, 4) is 22.6 Å². The third-order valence-electron chi connectivity index (χ3n) is 4.71. The van der Waals surface area contributed by atoms with E-state index < -0.39 is 0 Å². The minimum atomic E-state index is -0.303.